The third kappa shape index (κ3) is 4.56. The minimum atomic E-state index is -0.297. The predicted molar refractivity (Wildman–Crippen MR) is 84.1 cm³/mol. The number of ether oxygens (including phenoxy) is 1. The zero-order valence-electron chi connectivity index (χ0n) is 12.1. The molecule has 0 aromatic carbocycles. The van der Waals surface area contributed by atoms with E-state index in [1.54, 1.807) is 12.3 Å². The Balaban J connectivity index is 1.81. The lowest BCUT2D eigenvalue weighted by Crippen LogP contribution is -2.37. The first-order chi connectivity index (χ1) is 10.2. The number of morpholine rings is 1. The van der Waals surface area contributed by atoms with Crippen molar-refractivity contribution >= 4 is 17.3 Å². The summed E-state index contributed by atoms with van der Waals surface area (Å²) in [6, 6.07) is 0. The van der Waals surface area contributed by atoms with Gasteiger partial charge in [-0.25, -0.2) is 4.68 Å². The van der Waals surface area contributed by atoms with E-state index in [0.717, 1.165) is 45.8 Å². The Bertz CT molecular complexity index is 526. The molecule has 0 unspecified atom stereocenters. The molecule has 1 aromatic heterocycles. The Morgan fingerprint density at radius 3 is 2.95 bits per heavy atom. The molecular weight excluding hydrogens is 292 g/mol. The molecule has 0 radical (unpaired) electrons. The van der Waals surface area contributed by atoms with Crippen LogP contribution in [0, 0.1) is 0 Å². The zero-order chi connectivity index (χ0) is 15.1. The third-order valence-electron chi connectivity index (χ3n) is 3.36. The largest absolute Gasteiger partial charge is 0.382 e. The minimum absolute atomic E-state index is 0.179. The highest BCUT2D eigenvalue weighted by Crippen LogP contribution is 2.15. The van der Waals surface area contributed by atoms with Gasteiger partial charge in [0, 0.05) is 19.6 Å². The summed E-state index contributed by atoms with van der Waals surface area (Å²) in [4.78, 5) is 14.3. The van der Waals surface area contributed by atoms with Crippen molar-refractivity contribution < 1.29 is 4.74 Å². The van der Waals surface area contributed by atoms with Crippen LogP contribution in [0.4, 0.5) is 5.69 Å². The Labute approximate surface area is 129 Å². The maximum Gasteiger partial charge on any atom is 0.287 e. The summed E-state index contributed by atoms with van der Waals surface area (Å²) in [7, 11) is 0. The zero-order valence-corrected chi connectivity index (χ0v) is 12.8. The lowest BCUT2D eigenvalue weighted by atomic mass is 10.3. The fourth-order valence-electron chi connectivity index (χ4n) is 2.19. The molecule has 1 aromatic rings. The molecule has 0 bridgehead atoms. The van der Waals surface area contributed by atoms with Gasteiger partial charge in [0.05, 0.1) is 31.6 Å². The molecule has 0 amide bonds. The Kier molecular flexibility index (Phi) is 6.22. The highest BCUT2D eigenvalue weighted by molar-refractivity contribution is 6.32. The molecule has 21 heavy (non-hydrogen) atoms. The summed E-state index contributed by atoms with van der Waals surface area (Å²) < 4.78 is 6.59. The first-order valence-corrected chi connectivity index (χ1v) is 7.50. The smallest absolute Gasteiger partial charge is 0.287 e. The number of nitrogens with one attached hydrogen (secondary N) is 1. The molecule has 116 valence electrons. The van der Waals surface area contributed by atoms with Crippen molar-refractivity contribution in [3.63, 3.8) is 0 Å². The van der Waals surface area contributed by atoms with E-state index in [0.29, 0.717) is 12.2 Å². The molecule has 7 heteroatoms. The van der Waals surface area contributed by atoms with E-state index in [2.05, 4.69) is 21.9 Å². The van der Waals surface area contributed by atoms with Gasteiger partial charge in [-0.3, -0.25) is 9.69 Å². The van der Waals surface area contributed by atoms with Gasteiger partial charge in [-0.05, 0) is 13.0 Å². The summed E-state index contributed by atoms with van der Waals surface area (Å²) in [6.45, 7) is 9.29. The maximum absolute atomic E-state index is 11.9. The van der Waals surface area contributed by atoms with Crippen LogP contribution in [0.1, 0.15) is 6.42 Å². The van der Waals surface area contributed by atoms with Crippen molar-refractivity contribution in [2.75, 3.05) is 44.7 Å². The van der Waals surface area contributed by atoms with Gasteiger partial charge < -0.3 is 10.1 Å². The summed E-state index contributed by atoms with van der Waals surface area (Å²) in [5, 5.41) is 7.41. The first kappa shape index (κ1) is 16.0. The van der Waals surface area contributed by atoms with Crippen molar-refractivity contribution in [3.8, 4) is 0 Å². The molecule has 1 aliphatic heterocycles. The Morgan fingerprint density at radius 2 is 2.24 bits per heavy atom. The number of nitrogens with zero attached hydrogens (tertiary/aromatic N) is 3. The second kappa shape index (κ2) is 8.17. The topological polar surface area (TPSA) is 59.4 Å². The number of rotatable bonds is 7. The third-order valence-corrected chi connectivity index (χ3v) is 3.72. The molecule has 0 saturated carbocycles. The van der Waals surface area contributed by atoms with Gasteiger partial charge in [-0.1, -0.05) is 17.7 Å². The fourth-order valence-corrected chi connectivity index (χ4v) is 2.40. The highest BCUT2D eigenvalue weighted by atomic mass is 35.5. The number of aromatic nitrogens is 2. The quantitative estimate of drug-likeness (QED) is 0.606. The Hall–Kier alpha value is -1.37. The van der Waals surface area contributed by atoms with Gasteiger partial charge in [0.15, 0.2) is 0 Å². The number of allylic oxidation sites excluding steroid dienone is 1. The maximum atomic E-state index is 11.9. The summed E-state index contributed by atoms with van der Waals surface area (Å²) in [6.07, 6.45) is 4.17. The van der Waals surface area contributed by atoms with Gasteiger partial charge in [0.2, 0.25) is 0 Å². The molecule has 1 aliphatic rings. The molecule has 2 heterocycles. The van der Waals surface area contributed by atoms with Gasteiger partial charge >= 0.3 is 0 Å². The van der Waals surface area contributed by atoms with E-state index >= 15 is 0 Å². The number of halogens is 1. The van der Waals surface area contributed by atoms with Crippen LogP contribution in [0.25, 0.3) is 0 Å². The van der Waals surface area contributed by atoms with E-state index in [-0.39, 0.29) is 10.6 Å². The number of hydrogen-bond acceptors (Lipinski definition) is 5. The van der Waals surface area contributed by atoms with Gasteiger partial charge in [-0.15, -0.1) is 6.58 Å². The predicted octanol–water partition coefficient (Wildman–Crippen LogP) is 1.22. The van der Waals surface area contributed by atoms with Crippen LogP contribution in [-0.4, -0.2) is 54.1 Å². The molecule has 0 atom stereocenters. The normalized spacial score (nSPS) is 15.9. The van der Waals surface area contributed by atoms with Gasteiger partial charge in [0.25, 0.3) is 5.56 Å². The van der Waals surface area contributed by atoms with Crippen LogP contribution in [0.5, 0.6) is 0 Å². The van der Waals surface area contributed by atoms with Crippen LogP contribution >= 0.6 is 11.6 Å². The number of hydrogen-bond donors (Lipinski definition) is 1. The van der Waals surface area contributed by atoms with Crippen molar-refractivity contribution in [1.29, 1.82) is 0 Å². The van der Waals surface area contributed by atoms with Crippen molar-refractivity contribution in [3.05, 3.63) is 34.2 Å². The standard InChI is InChI=1S/C14H21ClN4O2/c1-2-5-19-14(20)13(15)12(11-17-19)16-4-3-6-18-7-9-21-10-8-18/h2,11,16H,1,3-10H2. The monoisotopic (exact) mass is 312 g/mol. The van der Waals surface area contributed by atoms with E-state index in [9.17, 15) is 4.79 Å². The van der Waals surface area contributed by atoms with Gasteiger partial charge in [-0.2, -0.15) is 5.10 Å². The van der Waals surface area contributed by atoms with Gasteiger partial charge in [0.1, 0.15) is 5.02 Å². The lowest BCUT2D eigenvalue weighted by Gasteiger charge is -2.26. The second-order valence-electron chi connectivity index (χ2n) is 4.88. The summed E-state index contributed by atoms with van der Waals surface area (Å²) in [5.41, 5.74) is 0.290. The van der Waals surface area contributed by atoms with E-state index in [1.807, 2.05) is 0 Å². The van der Waals surface area contributed by atoms with Crippen LogP contribution < -0.4 is 10.9 Å². The van der Waals surface area contributed by atoms with Crippen molar-refractivity contribution in [2.24, 2.45) is 0 Å². The summed E-state index contributed by atoms with van der Waals surface area (Å²) in [5.74, 6) is 0. The molecule has 1 saturated heterocycles. The second-order valence-corrected chi connectivity index (χ2v) is 5.26. The highest BCUT2D eigenvalue weighted by Gasteiger charge is 2.10. The van der Waals surface area contributed by atoms with E-state index in [1.165, 1.54) is 4.68 Å². The van der Waals surface area contributed by atoms with E-state index in [4.69, 9.17) is 16.3 Å². The lowest BCUT2D eigenvalue weighted by molar-refractivity contribution is 0.0378. The molecule has 2 rings (SSSR count). The van der Waals surface area contributed by atoms with Crippen LogP contribution in [0.15, 0.2) is 23.6 Å². The average Bonchev–Trinajstić information content (AvgIpc) is 2.51. The van der Waals surface area contributed by atoms with Crippen molar-refractivity contribution in [2.45, 2.75) is 13.0 Å². The molecule has 6 nitrogen and oxygen atoms in total. The minimum Gasteiger partial charge on any atom is -0.382 e. The molecular formula is C14H21ClN4O2. The SMILES string of the molecule is C=CCn1ncc(NCCCN2CCOCC2)c(Cl)c1=O. The van der Waals surface area contributed by atoms with Crippen molar-refractivity contribution in [1.82, 2.24) is 14.7 Å². The molecule has 1 fully saturated rings. The average molecular weight is 313 g/mol. The van der Waals surface area contributed by atoms with Crippen LogP contribution in [0.2, 0.25) is 5.02 Å². The molecule has 0 aliphatic carbocycles. The van der Waals surface area contributed by atoms with Crippen LogP contribution in [-0.2, 0) is 11.3 Å². The molecule has 1 N–H and O–H groups in total. The van der Waals surface area contributed by atoms with E-state index < -0.39 is 0 Å². The first-order valence-electron chi connectivity index (χ1n) is 7.13. The number of anilines is 1. The Morgan fingerprint density at radius 1 is 1.48 bits per heavy atom. The van der Waals surface area contributed by atoms with Crippen LogP contribution in [0.3, 0.4) is 0 Å². The fraction of sp³-hybridized carbons (Fsp3) is 0.571. The summed E-state index contributed by atoms with van der Waals surface area (Å²) >= 11 is 6.06. The molecule has 0 spiro atoms.